The molecule has 1 atom stereocenters. The SMILES string of the molecule is CC[Si](CC)(CC)c1nc(C)cn1C.NS(=O)[O-]. The first kappa shape index (κ1) is 17.5. The highest BCUT2D eigenvalue weighted by molar-refractivity contribution is 7.76. The minimum absolute atomic E-state index is 1.16. The Kier molecular flexibility index (Phi) is 7.61. The van der Waals surface area contributed by atoms with Gasteiger partial charge in [-0.15, -0.1) is 0 Å². The van der Waals surface area contributed by atoms with Gasteiger partial charge in [0.25, 0.3) is 0 Å². The summed E-state index contributed by atoms with van der Waals surface area (Å²) in [6, 6.07) is 3.93. The summed E-state index contributed by atoms with van der Waals surface area (Å²) in [5, 5.41) is 4.03. The summed E-state index contributed by atoms with van der Waals surface area (Å²) in [7, 11) is 0.872. The van der Waals surface area contributed by atoms with E-state index in [1.165, 1.54) is 23.6 Å². The average molecular weight is 290 g/mol. The second kappa shape index (κ2) is 7.83. The number of rotatable bonds is 4. The molecule has 0 fully saturated rings. The third-order valence-electron chi connectivity index (χ3n) is 3.50. The molecule has 0 saturated carbocycles. The Labute approximate surface area is 113 Å². The monoisotopic (exact) mass is 290 g/mol. The molecule has 0 radical (unpaired) electrons. The average Bonchev–Trinajstić information content (AvgIpc) is 2.61. The Balaban J connectivity index is 0.000000631. The molecule has 1 aromatic heterocycles. The highest BCUT2D eigenvalue weighted by atomic mass is 32.2. The number of aryl methyl sites for hydroxylation is 2. The smallest absolute Gasteiger partial charge is 0.131 e. The number of aromatic nitrogens is 2. The van der Waals surface area contributed by atoms with E-state index >= 15 is 0 Å². The van der Waals surface area contributed by atoms with Crippen LogP contribution in [0.25, 0.3) is 0 Å². The van der Waals surface area contributed by atoms with Gasteiger partial charge in [0.2, 0.25) is 0 Å². The molecule has 5 nitrogen and oxygen atoms in total. The Morgan fingerprint density at radius 2 is 1.78 bits per heavy atom. The summed E-state index contributed by atoms with van der Waals surface area (Å²) in [6.45, 7) is 9.05. The quantitative estimate of drug-likeness (QED) is 0.667. The van der Waals surface area contributed by atoms with Crippen LogP contribution >= 0.6 is 0 Å². The zero-order chi connectivity index (χ0) is 14.3. The maximum absolute atomic E-state index is 8.78. The fourth-order valence-corrected chi connectivity index (χ4v) is 6.01. The van der Waals surface area contributed by atoms with E-state index in [0.717, 1.165) is 5.69 Å². The van der Waals surface area contributed by atoms with E-state index < -0.39 is 19.3 Å². The molecule has 0 bridgehead atoms. The molecule has 0 spiro atoms. The van der Waals surface area contributed by atoms with Crippen molar-refractivity contribution in [2.75, 3.05) is 0 Å². The van der Waals surface area contributed by atoms with Gasteiger partial charge in [-0.05, 0) is 6.92 Å². The maximum atomic E-state index is 8.78. The highest BCUT2D eigenvalue weighted by Crippen LogP contribution is 2.19. The van der Waals surface area contributed by atoms with Gasteiger partial charge in [0.15, 0.2) is 0 Å². The van der Waals surface area contributed by atoms with Crippen LogP contribution in [0.5, 0.6) is 0 Å². The first-order valence-corrected chi connectivity index (χ1v) is 9.93. The Morgan fingerprint density at radius 3 is 2.00 bits per heavy atom. The molecule has 0 saturated heterocycles. The molecule has 0 aliphatic heterocycles. The number of nitrogens with zero attached hydrogens (tertiary/aromatic N) is 2. The molecule has 1 rings (SSSR count). The fourth-order valence-electron chi connectivity index (χ4n) is 2.33. The molecule has 1 unspecified atom stereocenters. The third-order valence-corrected chi connectivity index (χ3v) is 8.98. The topological polar surface area (TPSA) is 84.0 Å². The summed E-state index contributed by atoms with van der Waals surface area (Å²) in [5.74, 6) is 0. The molecule has 0 aliphatic rings. The molecular weight excluding hydrogens is 266 g/mol. The van der Waals surface area contributed by atoms with Crippen LogP contribution in [0, 0.1) is 6.92 Å². The molecule has 7 heteroatoms. The third kappa shape index (κ3) is 4.64. The number of hydrogen-bond acceptors (Lipinski definition) is 3. The summed E-state index contributed by atoms with van der Waals surface area (Å²) in [5.41, 5.74) is 2.55. The lowest BCUT2D eigenvalue weighted by Gasteiger charge is -2.26. The van der Waals surface area contributed by atoms with Crippen molar-refractivity contribution >= 4 is 24.8 Å². The van der Waals surface area contributed by atoms with E-state index in [4.69, 9.17) is 13.7 Å². The second-order valence-electron chi connectivity index (χ2n) is 4.42. The minimum atomic E-state index is -2.36. The molecule has 0 aromatic carbocycles. The van der Waals surface area contributed by atoms with Gasteiger partial charge in [-0.25, -0.2) is 4.98 Å². The highest BCUT2D eigenvalue weighted by Gasteiger charge is 2.33. The van der Waals surface area contributed by atoms with E-state index in [9.17, 15) is 0 Å². The van der Waals surface area contributed by atoms with Crippen molar-refractivity contribution in [1.82, 2.24) is 9.55 Å². The van der Waals surface area contributed by atoms with Gasteiger partial charge in [0.05, 0.1) is 11.1 Å². The molecule has 0 amide bonds. The fraction of sp³-hybridized carbons (Fsp3) is 0.727. The number of imidazole rings is 1. The molecule has 106 valence electrons. The van der Waals surface area contributed by atoms with Gasteiger partial charge in [0.1, 0.15) is 8.07 Å². The van der Waals surface area contributed by atoms with Crippen LogP contribution in [0.1, 0.15) is 26.5 Å². The van der Waals surface area contributed by atoms with Gasteiger partial charge in [0, 0.05) is 24.5 Å². The lowest BCUT2D eigenvalue weighted by Crippen LogP contribution is -2.50. The lowest BCUT2D eigenvalue weighted by atomic mass is 10.6. The minimum Gasteiger partial charge on any atom is -0.760 e. The first-order chi connectivity index (χ1) is 8.32. The summed E-state index contributed by atoms with van der Waals surface area (Å²) < 4.78 is 19.8. The largest absolute Gasteiger partial charge is 0.760 e. The maximum Gasteiger partial charge on any atom is 0.131 e. The standard InChI is InChI=1S/C11H22N2Si.H3NO2S/c1-6-14(7-2,8-3)11-12-10(4)9-13(11)5;1-4(2)3/h9H,6-8H2,1-5H3;1H2,(H,2,3)/p-1. The predicted octanol–water partition coefficient (Wildman–Crippen LogP) is 1.18. The second-order valence-corrected chi connectivity index (χ2v) is 10.1. The summed E-state index contributed by atoms with van der Waals surface area (Å²) >= 11 is -2.36. The molecule has 18 heavy (non-hydrogen) atoms. The number of nitrogens with two attached hydrogens (primary N) is 1. The Hall–Kier alpha value is -0.503. The van der Waals surface area contributed by atoms with Crippen LogP contribution < -0.4 is 10.6 Å². The number of hydrogen-bond donors (Lipinski definition) is 1. The first-order valence-electron chi connectivity index (χ1n) is 6.17. The Bertz CT molecular complexity index is 379. The van der Waals surface area contributed by atoms with Crippen molar-refractivity contribution in [2.24, 2.45) is 12.2 Å². The zero-order valence-corrected chi connectivity index (χ0v) is 13.7. The molecule has 0 aliphatic carbocycles. The van der Waals surface area contributed by atoms with Gasteiger partial charge < -0.3 is 9.12 Å². The van der Waals surface area contributed by atoms with E-state index in [-0.39, 0.29) is 0 Å². The van der Waals surface area contributed by atoms with Crippen LogP contribution in [0.3, 0.4) is 0 Å². The van der Waals surface area contributed by atoms with E-state index in [0.29, 0.717) is 0 Å². The van der Waals surface area contributed by atoms with Gasteiger partial charge in [-0.2, -0.15) is 0 Å². The lowest BCUT2D eigenvalue weighted by molar-refractivity contribution is 0.539. The van der Waals surface area contributed by atoms with Gasteiger partial charge in [-0.1, -0.05) is 38.9 Å². The normalized spacial score (nSPS) is 12.8. The van der Waals surface area contributed by atoms with Gasteiger partial charge in [-0.3, -0.25) is 9.35 Å². The summed E-state index contributed by atoms with van der Waals surface area (Å²) in [4.78, 5) is 4.72. The van der Waals surface area contributed by atoms with E-state index in [1.807, 2.05) is 0 Å². The molecule has 2 N–H and O–H groups in total. The van der Waals surface area contributed by atoms with Gasteiger partial charge >= 0.3 is 0 Å². The summed E-state index contributed by atoms with van der Waals surface area (Å²) in [6.07, 6.45) is 2.15. The van der Waals surface area contributed by atoms with E-state index in [2.05, 4.69) is 50.6 Å². The van der Waals surface area contributed by atoms with Crippen molar-refractivity contribution in [2.45, 2.75) is 45.8 Å². The van der Waals surface area contributed by atoms with Crippen LogP contribution in [-0.2, 0) is 18.3 Å². The predicted molar refractivity (Wildman–Crippen MR) is 77.9 cm³/mol. The van der Waals surface area contributed by atoms with Crippen molar-refractivity contribution in [3.05, 3.63) is 11.9 Å². The van der Waals surface area contributed by atoms with Crippen molar-refractivity contribution in [1.29, 1.82) is 0 Å². The van der Waals surface area contributed by atoms with E-state index in [1.54, 1.807) is 0 Å². The van der Waals surface area contributed by atoms with Crippen molar-refractivity contribution < 1.29 is 8.76 Å². The van der Waals surface area contributed by atoms with Crippen molar-refractivity contribution in [3.63, 3.8) is 0 Å². The Morgan fingerprint density at radius 1 is 1.39 bits per heavy atom. The van der Waals surface area contributed by atoms with Crippen LogP contribution in [-0.4, -0.2) is 26.4 Å². The molecule has 1 aromatic rings. The van der Waals surface area contributed by atoms with Crippen LogP contribution in [0.4, 0.5) is 0 Å². The van der Waals surface area contributed by atoms with Crippen molar-refractivity contribution in [3.8, 4) is 0 Å². The molecule has 1 heterocycles. The van der Waals surface area contributed by atoms with Crippen LogP contribution in [0.2, 0.25) is 18.1 Å². The van der Waals surface area contributed by atoms with Crippen LogP contribution in [0.15, 0.2) is 6.20 Å². The zero-order valence-electron chi connectivity index (χ0n) is 11.9. The molecular formula is C11H24N3O2SSi-.